The number of carbonyl (C=O) groups excluding carboxylic acids is 1. The molecule has 214 valence electrons. The molecule has 0 unspecified atom stereocenters. The summed E-state index contributed by atoms with van der Waals surface area (Å²) in [6.45, 7) is 1.44. The zero-order valence-electron chi connectivity index (χ0n) is 23.0. The second-order valence-corrected chi connectivity index (χ2v) is 11.2. The molecule has 0 aliphatic heterocycles. The molecule has 43 heavy (non-hydrogen) atoms. The van der Waals surface area contributed by atoms with Crippen molar-refractivity contribution < 1.29 is 65.8 Å². The number of alkyl halides is 3. The zero-order chi connectivity index (χ0) is 30.1. The van der Waals surface area contributed by atoms with Gasteiger partial charge >= 0.3 is 35.9 Å². The van der Waals surface area contributed by atoms with Crippen LogP contribution in [0.25, 0.3) is 22.0 Å². The van der Waals surface area contributed by atoms with Crippen LogP contribution in [0.1, 0.15) is 21.5 Å². The smallest absolute Gasteiger partial charge is 0.545 e. The number of aryl methyl sites for hydroxylation is 1. The Morgan fingerprint density at radius 2 is 1.44 bits per heavy atom. The van der Waals surface area contributed by atoms with Gasteiger partial charge in [-0.1, -0.05) is 78.9 Å². The Morgan fingerprint density at radius 3 is 2.02 bits per heavy atom. The Kier molecular flexibility index (Phi) is 9.50. The number of ether oxygens (including phenoxy) is 1. The summed E-state index contributed by atoms with van der Waals surface area (Å²) in [6, 6.07) is 26.1. The summed E-state index contributed by atoms with van der Waals surface area (Å²) >= 11 is 0. The van der Waals surface area contributed by atoms with E-state index in [1.54, 1.807) is 6.92 Å². The molecule has 0 N–H and O–H groups in total. The Hall–Kier alpha value is -3.90. The average molecular weight is 615 g/mol. The number of fused-ring (bicyclic) bond motifs is 1. The normalized spacial score (nSPS) is 11.5. The molecule has 0 saturated carbocycles. The zero-order valence-corrected chi connectivity index (χ0v) is 25.8. The monoisotopic (exact) mass is 614 g/mol. The first-order valence-electron chi connectivity index (χ1n) is 12.6. The first-order chi connectivity index (χ1) is 19.9. The van der Waals surface area contributed by atoms with Gasteiger partial charge in [-0.05, 0) is 47.7 Å². The van der Waals surface area contributed by atoms with Crippen molar-refractivity contribution >= 4 is 32.6 Å². The largest absolute Gasteiger partial charge is 1.00 e. The van der Waals surface area contributed by atoms with E-state index in [-0.39, 0.29) is 52.4 Å². The number of aromatic carboxylic acids is 1. The van der Waals surface area contributed by atoms with Crippen molar-refractivity contribution in [1.29, 1.82) is 0 Å². The predicted octanol–water partition coefficient (Wildman–Crippen LogP) is 2.87. The number of aromatic nitrogens is 1. The maximum absolute atomic E-state index is 14.2. The third-order valence-corrected chi connectivity index (χ3v) is 8.33. The van der Waals surface area contributed by atoms with E-state index in [1.165, 1.54) is 12.1 Å². The predicted molar refractivity (Wildman–Crippen MR) is 149 cm³/mol. The van der Waals surface area contributed by atoms with Crippen molar-refractivity contribution in [2.75, 3.05) is 4.31 Å². The van der Waals surface area contributed by atoms with E-state index < -0.39 is 28.1 Å². The molecular weight excluding hydrogens is 592 g/mol. The van der Waals surface area contributed by atoms with Gasteiger partial charge in [-0.25, -0.2) is 17.7 Å². The van der Waals surface area contributed by atoms with Crippen molar-refractivity contribution in [3.05, 3.63) is 120 Å². The molecule has 4 aromatic carbocycles. The number of hydrogen-bond donors (Lipinski definition) is 0. The molecule has 0 saturated heterocycles. The fraction of sp³-hybridized carbons (Fsp3) is 0.0968. The number of anilines is 1. The minimum Gasteiger partial charge on any atom is -0.545 e. The third kappa shape index (κ3) is 7.02. The van der Waals surface area contributed by atoms with Crippen LogP contribution in [0.15, 0.2) is 108 Å². The molecule has 0 fully saturated rings. The van der Waals surface area contributed by atoms with Crippen molar-refractivity contribution in [2.24, 2.45) is 0 Å². The maximum Gasteiger partial charge on any atom is 1.00 e. The van der Waals surface area contributed by atoms with Crippen LogP contribution in [-0.4, -0.2) is 25.7 Å². The summed E-state index contributed by atoms with van der Waals surface area (Å²) in [5.74, 6) is -1.81. The number of pyridine rings is 1. The molecule has 12 heteroatoms. The Morgan fingerprint density at radius 1 is 0.860 bits per heavy atom. The van der Waals surface area contributed by atoms with E-state index in [0.29, 0.717) is 16.8 Å². The molecule has 0 aliphatic rings. The van der Waals surface area contributed by atoms with E-state index >= 15 is 0 Å². The van der Waals surface area contributed by atoms with E-state index in [9.17, 15) is 31.5 Å². The van der Waals surface area contributed by atoms with Crippen LogP contribution in [0, 0.1) is 6.92 Å². The van der Waals surface area contributed by atoms with Crippen LogP contribution in [0.4, 0.5) is 19.0 Å². The van der Waals surface area contributed by atoms with Gasteiger partial charge in [0.1, 0.15) is 11.6 Å². The summed E-state index contributed by atoms with van der Waals surface area (Å²) in [5.41, 5.74) is 1.99. The number of nitrogens with zero attached hydrogens (tertiary/aromatic N) is 2. The molecule has 5 rings (SSSR count). The first-order valence-corrected chi connectivity index (χ1v) is 14.0. The molecule has 0 spiro atoms. The van der Waals surface area contributed by atoms with E-state index in [4.69, 9.17) is 4.98 Å². The van der Waals surface area contributed by atoms with E-state index in [0.717, 1.165) is 57.0 Å². The molecule has 1 aromatic heterocycles. The van der Waals surface area contributed by atoms with Crippen molar-refractivity contribution in [3.8, 4) is 17.0 Å². The van der Waals surface area contributed by atoms with Gasteiger partial charge in [-0.3, -0.25) is 0 Å². The van der Waals surface area contributed by atoms with Crippen molar-refractivity contribution in [2.45, 2.75) is 24.7 Å². The summed E-state index contributed by atoms with van der Waals surface area (Å²) in [4.78, 5) is 15.9. The molecule has 7 nitrogen and oxygen atoms in total. The van der Waals surface area contributed by atoms with Gasteiger partial charge in [0.05, 0.1) is 23.1 Å². The third-order valence-electron chi connectivity index (χ3n) is 6.58. The number of sulfonamides is 1. The number of rotatable bonds is 8. The molecule has 0 aliphatic carbocycles. The van der Waals surface area contributed by atoms with Crippen LogP contribution in [0.3, 0.4) is 0 Å². The minimum absolute atomic E-state index is 0. The quantitative estimate of drug-likeness (QED) is 0.250. The fourth-order valence-electron chi connectivity index (χ4n) is 4.57. The van der Waals surface area contributed by atoms with E-state index in [1.807, 2.05) is 54.6 Å². The summed E-state index contributed by atoms with van der Waals surface area (Å²) < 4.78 is 71.4. The molecule has 0 bridgehead atoms. The molecule has 0 amide bonds. The van der Waals surface area contributed by atoms with Crippen LogP contribution in [0.5, 0.6) is 5.75 Å². The SMILES string of the molecule is Cc1c(N(Cc2ccc(OC(F)(F)F)cc2)S(=O)(=O)c2ccc(C(=O)[O-])cc2)nc(-c2ccccc2)c2ccccc12.[Na+]. The standard InChI is InChI=1S/C31H23F3N2O5S.Na/c1-20-26-9-5-6-10-27(26)28(22-7-3-2-4-8-22)35-29(20)36(19-21-11-15-24(16-12-21)41-31(32,33)34)42(39,40)25-17-13-23(14-18-25)30(37)38;/h2-18H,19H2,1H3,(H,37,38);/q;+1/p-1. The Bertz CT molecular complexity index is 1870. The number of carboxylic acid groups (broad SMARTS) is 1. The first kappa shape index (κ1) is 32.0. The number of halogens is 3. The van der Waals surface area contributed by atoms with Gasteiger partial charge in [0.15, 0.2) is 0 Å². The van der Waals surface area contributed by atoms with Gasteiger partial charge < -0.3 is 14.6 Å². The fourth-order valence-corrected chi connectivity index (χ4v) is 6.03. The topological polar surface area (TPSA) is 99.6 Å². The second-order valence-electron chi connectivity index (χ2n) is 9.34. The molecular formula is C31H22F3N2NaO5S. The summed E-state index contributed by atoms with van der Waals surface area (Å²) in [5, 5.41) is 12.8. The van der Waals surface area contributed by atoms with Crippen LogP contribution >= 0.6 is 0 Å². The number of carbonyl (C=O) groups is 1. The molecule has 0 radical (unpaired) electrons. The summed E-state index contributed by atoms with van der Waals surface area (Å²) in [6.07, 6.45) is -4.88. The second kappa shape index (κ2) is 12.8. The van der Waals surface area contributed by atoms with Crippen molar-refractivity contribution in [3.63, 3.8) is 0 Å². The molecule has 5 aromatic rings. The van der Waals surface area contributed by atoms with Crippen molar-refractivity contribution in [1.82, 2.24) is 4.98 Å². The maximum atomic E-state index is 14.2. The van der Waals surface area contributed by atoms with Gasteiger partial charge in [0.2, 0.25) is 0 Å². The van der Waals surface area contributed by atoms with Crippen LogP contribution in [-0.2, 0) is 16.6 Å². The van der Waals surface area contributed by atoms with Gasteiger partial charge in [-0.15, -0.1) is 13.2 Å². The van der Waals surface area contributed by atoms with Gasteiger partial charge in [0, 0.05) is 16.5 Å². The van der Waals surface area contributed by atoms with Crippen LogP contribution < -0.4 is 43.7 Å². The molecule has 1 heterocycles. The summed E-state index contributed by atoms with van der Waals surface area (Å²) in [7, 11) is -4.38. The molecule has 0 atom stereocenters. The average Bonchev–Trinajstić information content (AvgIpc) is 2.97. The van der Waals surface area contributed by atoms with Crippen LogP contribution in [0.2, 0.25) is 0 Å². The van der Waals surface area contributed by atoms with Gasteiger partial charge in [-0.2, -0.15) is 0 Å². The van der Waals surface area contributed by atoms with Gasteiger partial charge in [0.25, 0.3) is 10.0 Å². The number of benzene rings is 4. The Balaban J connectivity index is 0.00000423. The Labute approximate surface area is 267 Å². The van der Waals surface area contributed by atoms with E-state index in [2.05, 4.69) is 4.74 Å². The number of hydrogen-bond acceptors (Lipinski definition) is 6. The minimum atomic E-state index is -4.88. The number of carboxylic acids is 1.